The van der Waals surface area contributed by atoms with Gasteiger partial charge < -0.3 is 19.1 Å². The molecule has 3 rings (SSSR count). The molecule has 0 saturated carbocycles. The number of aromatic nitrogens is 3. The Morgan fingerprint density at radius 3 is 2.59 bits per heavy atom. The number of nitrogens with zero attached hydrogens (tertiary/aromatic N) is 5. The summed E-state index contributed by atoms with van der Waals surface area (Å²) in [5, 5.41) is 4.13. The summed E-state index contributed by atoms with van der Waals surface area (Å²) in [7, 11) is 2.84. The first kappa shape index (κ1) is 18.5. The number of rotatable bonds is 6. The summed E-state index contributed by atoms with van der Waals surface area (Å²) in [6.07, 6.45) is 1.59. The molecule has 142 valence electrons. The van der Waals surface area contributed by atoms with Crippen LogP contribution in [0.3, 0.4) is 0 Å². The van der Waals surface area contributed by atoms with Crippen molar-refractivity contribution >= 4 is 24.1 Å². The molecule has 0 unspecified atom stereocenters. The van der Waals surface area contributed by atoms with Crippen LogP contribution in [0.2, 0.25) is 0 Å². The minimum atomic E-state index is -0.385. The van der Waals surface area contributed by atoms with E-state index in [1.54, 1.807) is 30.5 Å². The molecule has 0 amide bonds. The first-order valence-corrected chi connectivity index (χ1v) is 8.30. The maximum Gasteiger partial charge on any atom is 0.337 e. The third-order valence-electron chi connectivity index (χ3n) is 3.79. The quantitative estimate of drug-likeness (QED) is 0.450. The maximum atomic E-state index is 11.4. The summed E-state index contributed by atoms with van der Waals surface area (Å²) in [6, 6.07) is 7.03. The van der Waals surface area contributed by atoms with E-state index < -0.39 is 0 Å². The lowest BCUT2D eigenvalue weighted by Crippen LogP contribution is -2.37. The van der Waals surface area contributed by atoms with Crippen LogP contribution in [0.4, 0.5) is 11.9 Å². The second kappa shape index (κ2) is 8.90. The van der Waals surface area contributed by atoms with E-state index in [9.17, 15) is 4.79 Å². The van der Waals surface area contributed by atoms with Crippen LogP contribution in [-0.4, -0.2) is 67.7 Å². The highest BCUT2D eigenvalue weighted by atomic mass is 16.5. The first-order chi connectivity index (χ1) is 13.2. The van der Waals surface area contributed by atoms with E-state index in [0.717, 1.165) is 5.56 Å². The number of hydrogen-bond acceptors (Lipinski definition) is 10. The standard InChI is InChI=1S/C17H20N6O4/c1-25-14(24)13-5-3-12(4-6-13)11-18-22-15-19-16(21-17(20-15)26-2)23-7-9-27-10-8-23/h3-6,11H,7-10H2,1-2H3,(H,19,20,21,22)/b18-11+. The number of anilines is 2. The van der Waals surface area contributed by atoms with Crippen molar-refractivity contribution < 1.29 is 19.0 Å². The Morgan fingerprint density at radius 1 is 1.19 bits per heavy atom. The number of methoxy groups -OCH3 is 2. The highest BCUT2D eigenvalue weighted by Gasteiger charge is 2.16. The van der Waals surface area contributed by atoms with Crippen molar-refractivity contribution in [3.63, 3.8) is 0 Å². The van der Waals surface area contributed by atoms with Crippen LogP contribution in [-0.2, 0) is 9.47 Å². The van der Waals surface area contributed by atoms with Crippen LogP contribution in [0.1, 0.15) is 15.9 Å². The summed E-state index contributed by atoms with van der Waals surface area (Å²) in [5.41, 5.74) is 4.04. The van der Waals surface area contributed by atoms with Gasteiger partial charge >= 0.3 is 12.0 Å². The number of ether oxygens (including phenoxy) is 3. The fraction of sp³-hybridized carbons (Fsp3) is 0.353. The van der Waals surface area contributed by atoms with E-state index in [2.05, 4.69) is 30.2 Å². The lowest BCUT2D eigenvalue weighted by molar-refractivity contribution is 0.0600. The number of benzene rings is 1. The van der Waals surface area contributed by atoms with Crippen LogP contribution in [0.15, 0.2) is 29.4 Å². The van der Waals surface area contributed by atoms with Gasteiger partial charge in [0.2, 0.25) is 5.95 Å². The van der Waals surface area contributed by atoms with Crippen LogP contribution in [0, 0.1) is 0 Å². The van der Waals surface area contributed by atoms with E-state index in [1.807, 2.05) is 4.90 Å². The van der Waals surface area contributed by atoms with Crippen molar-refractivity contribution in [3.8, 4) is 6.01 Å². The predicted octanol–water partition coefficient (Wildman–Crippen LogP) is 0.949. The zero-order valence-electron chi connectivity index (χ0n) is 15.1. The van der Waals surface area contributed by atoms with Crippen LogP contribution < -0.4 is 15.1 Å². The molecular weight excluding hydrogens is 352 g/mol. The van der Waals surface area contributed by atoms with Crippen LogP contribution in [0.5, 0.6) is 6.01 Å². The minimum Gasteiger partial charge on any atom is -0.467 e. The topological polar surface area (TPSA) is 111 Å². The highest BCUT2D eigenvalue weighted by molar-refractivity contribution is 5.90. The Kier molecular flexibility index (Phi) is 6.10. The Bertz CT molecular complexity index is 806. The fourth-order valence-corrected chi connectivity index (χ4v) is 2.38. The smallest absolute Gasteiger partial charge is 0.337 e. The Hall–Kier alpha value is -3.27. The molecule has 1 aromatic heterocycles. The first-order valence-electron chi connectivity index (χ1n) is 8.30. The number of hydrazone groups is 1. The zero-order chi connectivity index (χ0) is 19.1. The molecule has 1 fully saturated rings. The highest BCUT2D eigenvalue weighted by Crippen LogP contribution is 2.16. The van der Waals surface area contributed by atoms with Crippen LogP contribution >= 0.6 is 0 Å². The van der Waals surface area contributed by atoms with Gasteiger partial charge in [-0.2, -0.15) is 20.1 Å². The summed E-state index contributed by atoms with van der Waals surface area (Å²) in [5.74, 6) is 0.389. The monoisotopic (exact) mass is 372 g/mol. The van der Waals surface area contributed by atoms with E-state index in [4.69, 9.17) is 9.47 Å². The van der Waals surface area contributed by atoms with E-state index in [1.165, 1.54) is 14.2 Å². The van der Waals surface area contributed by atoms with Gasteiger partial charge in [-0.25, -0.2) is 10.2 Å². The lowest BCUT2D eigenvalue weighted by Gasteiger charge is -2.26. The molecular formula is C17H20N6O4. The molecule has 1 N–H and O–H groups in total. The molecule has 0 radical (unpaired) electrons. The molecule has 0 spiro atoms. The van der Waals surface area contributed by atoms with Crippen molar-refractivity contribution in [1.82, 2.24) is 15.0 Å². The summed E-state index contributed by atoms with van der Waals surface area (Å²) in [6.45, 7) is 2.64. The molecule has 1 aromatic carbocycles. The normalized spacial score (nSPS) is 14.2. The van der Waals surface area contributed by atoms with E-state index in [-0.39, 0.29) is 17.9 Å². The average molecular weight is 372 g/mol. The van der Waals surface area contributed by atoms with Gasteiger partial charge in [0.05, 0.1) is 39.2 Å². The Balaban J connectivity index is 1.69. The van der Waals surface area contributed by atoms with Gasteiger partial charge in [0, 0.05) is 13.1 Å². The number of carbonyl (C=O) groups excluding carboxylic acids is 1. The van der Waals surface area contributed by atoms with Gasteiger partial charge in [-0.15, -0.1) is 0 Å². The number of morpholine rings is 1. The van der Waals surface area contributed by atoms with Gasteiger partial charge in [-0.1, -0.05) is 12.1 Å². The molecule has 0 bridgehead atoms. The van der Waals surface area contributed by atoms with Crippen molar-refractivity contribution in [3.05, 3.63) is 35.4 Å². The van der Waals surface area contributed by atoms with Crippen molar-refractivity contribution in [2.45, 2.75) is 0 Å². The number of esters is 1. The largest absolute Gasteiger partial charge is 0.467 e. The molecule has 0 aliphatic carbocycles. The van der Waals surface area contributed by atoms with E-state index in [0.29, 0.717) is 37.8 Å². The zero-order valence-corrected chi connectivity index (χ0v) is 15.1. The fourth-order valence-electron chi connectivity index (χ4n) is 2.38. The number of nitrogens with one attached hydrogen (secondary N) is 1. The molecule has 2 aromatic rings. The second-order valence-corrected chi connectivity index (χ2v) is 5.53. The van der Waals surface area contributed by atoms with Crippen molar-refractivity contribution in [2.75, 3.05) is 50.8 Å². The maximum absolute atomic E-state index is 11.4. The summed E-state index contributed by atoms with van der Waals surface area (Å²) < 4.78 is 15.1. The van der Waals surface area contributed by atoms with Gasteiger partial charge in [-0.3, -0.25) is 0 Å². The number of carbonyl (C=O) groups is 1. The molecule has 0 atom stereocenters. The molecule has 1 saturated heterocycles. The lowest BCUT2D eigenvalue weighted by atomic mass is 10.1. The van der Waals surface area contributed by atoms with Crippen molar-refractivity contribution in [1.29, 1.82) is 0 Å². The Labute approximate surface area is 156 Å². The molecule has 2 heterocycles. The average Bonchev–Trinajstić information content (AvgIpc) is 2.74. The number of hydrogen-bond donors (Lipinski definition) is 1. The SMILES string of the molecule is COC(=O)c1ccc(/C=N/Nc2nc(OC)nc(N3CCOCC3)n2)cc1. The van der Waals surface area contributed by atoms with Gasteiger partial charge in [-0.05, 0) is 17.7 Å². The van der Waals surface area contributed by atoms with E-state index >= 15 is 0 Å². The minimum absolute atomic E-state index is 0.201. The Morgan fingerprint density at radius 2 is 1.93 bits per heavy atom. The summed E-state index contributed by atoms with van der Waals surface area (Å²) >= 11 is 0. The molecule has 27 heavy (non-hydrogen) atoms. The van der Waals surface area contributed by atoms with Gasteiger partial charge in [0.15, 0.2) is 0 Å². The molecule has 1 aliphatic heterocycles. The third kappa shape index (κ3) is 4.88. The molecule has 10 heteroatoms. The third-order valence-corrected chi connectivity index (χ3v) is 3.79. The molecule has 1 aliphatic rings. The van der Waals surface area contributed by atoms with Gasteiger partial charge in [0.1, 0.15) is 0 Å². The second-order valence-electron chi connectivity index (χ2n) is 5.53. The predicted molar refractivity (Wildman–Crippen MR) is 98.4 cm³/mol. The molecule has 10 nitrogen and oxygen atoms in total. The van der Waals surface area contributed by atoms with Crippen LogP contribution in [0.25, 0.3) is 0 Å². The summed E-state index contributed by atoms with van der Waals surface area (Å²) in [4.78, 5) is 26.2. The van der Waals surface area contributed by atoms with Gasteiger partial charge in [0.25, 0.3) is 5.95 Å². The van der Waals surface area contributed by atoms with Crippen molar-refractivity contribution in [2.24, 2.45) is 5.10 Å².